The summed E-state index contributed by atoms with van der Waals surface area (Å²) in [5, 5.41) is 0. The fraction of sp³-hybridized carbons (Fsp3) is 1.00. The summed E-state index contributed by atoms with van der Waals surface area (Å²) in [7, 11) is 4.81. The van der Waals surface area contributed by atoms with E-state index in [1.54, 1.807) is 0 Å². The van der Waals surface area contributed by atoms with E-state index in [0.717, 1.165) is 6.42 Å². The van der Waals surface area contributed by atoms with E-state index in [4.69, 9.17) is 8.05 Å². The first-order valence-electron chi connectivity index (χ1n) is 3.23. The molecule has 0 N–H and O–H groups in total. The van der Waals surface area contributed by atoms with Gasteiger partial charge in [0, 0.05) is 15.0 Å². The number of rotatable bonds is 5. The maximum absolute atomic E-state index is 4.81. The largest absolute Gasteiger partial charge is 0.448 e. The van der Waals surface area contributed by atoms with Crippen molar-refractivity contribution >= 4 is 16.5 Å². The summed E-state index contributed by atoms with van der Waals surface area (Å²) in [6.45, 7) is 2.89. The van der Waals surface area contributed by atoms with Crippen LogP contribution in [0.1, 0.15) is 32.6 Å². The van der Waals surface area contributed by atoms with E-state index >= 15 is 0 Å². The summed E-state index contributed by atoms with van der Waals surface area (Å²) in [6, 6.07) is 0. The van der Waals surface area contributed by atoms with E-state index in [1.807, 2.05) is 0 Å². The molecule has 0 aliphatic heterocycles. The maximum Gasteiger partial charge on any atom is 0.282 e. The third kappa shape index (κ3) is 11.6. The topological polar surface area (TPSA) is 9.23 Å². The zero-order valence-corrected chi connectivity index (χ0v) is 6.10. The molecule has 0 saturated carbocycles. The van der Waals surface area contributed by atoms with Crippen molar-refractivity contribution in [2.24, 2.45) is 0 Å². The monoisotopic (exact) mass is 123 g/mol. The molecule has 0 bridgehead atoms. The molecule has 5 radical (unpaired) electrons. The van der Waals surface area contributed by atoms with Gasteiger partial charge in [-0.15, -0.1) is 0 Å². The Morgan fingerprint density at radius 2 is 1.89 bits per heavy atom. The molecule has 0 saturated heterocycles. The van der Waals surface area contributed by atoms with Gasteiger partial charge in [-0.2, -0.15) is 0 Å². The summed E-state index contributed by atoms with van der Waals surface area (Å²) in [5.74, 6) is 0. The molecule has 9 heavy (non-hydrogen) atoms. The zero-order chi connectivity index (χ0) is 6.24. The lowest BCUT2D eigenvalue weighted by Gasteiger charge is -1.95. The summed E-state index contributed by atoms with van der Waals surface area (Å²) in [5.41, 5.74) is 0. The SMILES string of the molecule is [B].[B]OCCCCCC. The van der Waals surface area contributed by atoms with Gasteiger partial charge in [-0.3, -0.25) is 0 Å². The van der Waals surface area contributed by atoms with E-state index in [0.29, 0.717) is 6.61 Å². The first kappa shape index (κ1) is 11.8. The van der Waals surface area contributed by atoms with Gasteiger partial charge in [-0.1, -0.05) is 26.2 Å². The van der Waals surface area contributed by atoms with Crippen LogP contribution in [0.4, 0.5) is 0 Å². The molecule has 0 aliphatic carbocycles. The van der Waals surface area contributed by atoms with Gasteiger partial charge in [-0.05, 0) is 6.42 Å². The molecule has 0 aliphatic rings. The Morgan fingerprint density at radius 1 is 1.22 bits per heavy atom. The van der Waals surface area contributed by atoms with Crippen LogP contribution in [-0.4, -0.2) is 23.1 Å². The Kier molecular flexibility index (Phi) is 14.4. The predicted octanol–water partition coefficient (Wildman–Crippen LogP) is 1.29. The van der Waals surface area contributed by atoms with Crippen LogP contribution in [0.2, 0.25) is 0 Å². The fourth-order valence-corrected chi connectivity index (χ4v) is 0.612. The minimum absolute atomic E-state index is 0. The van der Waals surface area contributed by atoms with Gasteiger partial charge in [0.1, 0.15) is 0 Å². The third-order valence-electron chi connectivity index (χ3n) is 1.12. The first-order chi connectivity index (χ1) is 3.91. The number of hydrogen-bond acceptors (Lipinski definition) is 1. The normalized spacial score (nSPS) is 8.56. The highest BCUT2D eigenvalue weighted by molar-refractivity contribution is 5.97. The molecule has 1 nitrogen and oxygen atoms in total. The van der Waals surface area contributed by atoms with Gasteiger partial charge in [0.2, 0.25) is 0 Å². The van der Waals surface area contributed by atoms with E-state index in [1.165, 1.54) is 19.3 Å². The Balaban J connectivity index is 0. The van der Waals surface area contributed by atoms with Crippen molar-refractivity contribution in [1.82, 2.24) is 0 Å². The van der Waals surface area contributed by atoms with Gasteiger partial charge in [0.15, 0.2) is 0 Å². The Bertz CT molecular complexity index is 36.0. The average molecular weight is 123 g/mol. The molecule has 0 spiro atoms. The van der Waals surface area contributed by atoms with Gasteiger partial charge < -0.3 is 4.65 Å². The van der Waals surface area contributed by atoms with E-state index in [-0.39, 0.29) is 8.41 Å². The highest BCUT2D eigenvalue weighted by atomic mass is 16.4. The molecule has 0 aromatic carbocycles. The Labute approximate surface area is 61.2 Å². The lowest BCUT2D eigenvalue weighted by Crippen LogP contribution is -1.88. The van der Waals surface area contributed by atoms with Crippen LogP contribution < -0.4 is 0 Å². The molecule has 0 rings (SSSR count). The van der Waals surface area contributed by atoms with Crippen LogP contribution in [0.15, 0.2) is 0 Å². The molecule has 0 amide bonds. The second kappa shape index (κ2) is 11.0. The molecule has 0 heterocycles. The minimum Gasteiger partial charge on any atom is -0.448 e. The third-order valence-corrected chi connectivity index (χ3v) is 1.12. The second-order valence-corrected chi connectivity index (χ2v) is 1.93. The van der Waals surface area contributed by atoms with Crippen molar-refractivity contribution in [2.75, 3.05) is 6.61 Å². The lowest BCUT2D eigenvalue weighted by atomic mass is 10.2. The quantitative estimate of drug-likeness (QED) is 0.395. The predicted molar refractivity (Wildman–Crippen MR) is 41.6 cm³/mol. The Morgan fingerprint density at radius 3 is 2.33 bits per heavy atom. The van der Waals surface area contributed by atoms with Gasteiger partial charge in [0.05, 0.1) is 0 Å². The van der Waals surface area contributed by atoms with Crippen molar-refractivity contribution in [3.63, 3.8) is 0 Å². The summed E-state index contributed by atoms with van der Waals surface area (Å²) >= 11 is 0. The number of unbranched alkanes of at least 4 members (excludes halogenated alkanes) is 3. The van der Waals surface area contributed by atoms with E-state index < -0.39 is 0 Å². The van der Waals surface area contributed by atoms with E-state index in [9.17, 15) is 0 Å². The van der Waals surface area contributed by atoms with Crippen LogP contribution in [-0.2, 0) is 4.65 Å². The molecule has 0 atom stereocenters. The molecule has 0 aromatic heterocycles. The lowest BCUT2D eigenvalue weighted by molar-refractivity contribution is 0.334. The van der Waals surface area contributed by atoms with Crippen LogP contribution >= 0.6 is 0 Å². The van der Waals surface area contributed by atoms with Crippen LogP contribution in [0.3, 0.4) is 0 Å². The Hall–Kier alpha value is 0.0899. The van der Waals surface area contributed by atoms with E-state index in [2.05, 4.69) is 11.6 Å². The highest BCUT2D eigenvalue weighted by Crippen LogP contribution is 1.97. The van der Waals surface area contributed by atoms with Gasteiger partial charge >= 0.3 is 0 Å². The maximum atomic E-state index is 4.81. The standard InChI is InChI=1S/C6H13BO.B/c1-2-3-4-5-6-8-7;/h2-6H2,1H3;. The minimum atomic E-state index is 0. The molecule has 3 heteroatoms. The molecule has 0 aromatic rings. The van der Waals surface area contributed by atoms with Crippen LogP contribution in [0.25, 0.3) is 0 Å². The molecular weight excluding hydrogens is 110 g/mol. The van der Waals surface area contributed by atoms with Gasteiger partial charge in [-0.25, -0.2) is 0 Å². The van der Waals surface area contributed by atoms with Crippen molar-refractivity contribution in [3.8, 4) is 0 Å². The number of hydrogen-bond donors (Lipinski definition) is 0. The molecule has 0 fully saturated rings. The van der Waals surface area contributed by atoms with Crippen LogP contribution in [0, 0.1) is 0 Å². The van der Waals surface area contributed by atoms with Crippen molar-refractivity contribution < 1.29 is 4.65 Å². The molecule has 0 unspecified atom stereocenters. The molecule has 49 valence electrons. The first-order valence-corrected chi connectivity index (χ1v) is 3.23. The summed E-state index contributed by atoms with van der Waals surface area (Å²) in [6.07, 6.45) is 4.91. The fourth-order valence-electron chi connectivity index (χ4n) is 0.612. The second-order valence-electron chi connectivity index (χ2n) is 1.93. The van der Waals surface area contributed by atoms with Crippen molar-refractivity contribution in [2.45, 2.75) is 32.6 Å². The molecular formula is C6H13B2O. The highest BCUT2D eigenvalue weighted by Gasteiger charge is 1.83. The smallest absolute Gasteiger partial charge is 0.282 e. The van der Waals surface area contributed by atoms with Crippen molar-refractivity contribution in [1.29, 1.82) is 0 Å². The summed E-state index contributed by atoms with van der Waals surface area (Å²) < 4.78 is 4.39. The van der Waals surface area contributed by atoms with Crippen LogP contribution in [0.5, 0.6) is 0 Å². The average Bonchev–Trinajstić information content (AvgIpc) is 1.81. The summed E-state index contributed by atoms with van der Waals surface area (Å²) in [4.78, 5) is 0. The van der Waals surface area contributed by atoms with Crippen molar-refractivity contribution in [3.05, 3.63) is 0 Å². The van der Waals surface area contributed by atoms with Gasteiger partial charge in [0.25, 0.3) is 8.05 Å². The zero-order valence-electron chi connectivity index (χ0n) is 6.10.